The molecule has 2 rings (SSSR count). The predicted molar refractivity (Wildman–Crippen MR) is 79.8 cm³/mol. The van der Waals surface area contributed by atoms with Crippen molar-refractivity contribution in [3.63, 3.8) is 0 Å². The third kappa shape index (κ3) is 3.65. The van der Waals surface area contributed by atoms with Gasteiger partial charge in [0.05, 0.1) is 5.56 Å². The number of carbonyl (C=O) groups excluding carboxylic acids is 1. The van der Waals surface area contributed by atoms with Gasteiger partial charge in [-0.25, -0.2) is 4.39 Å². The minimum Gasteiger partial charge on any atom is -0.350 e. The Morgan fingerprint density at radius 1 is 1.25 bits per heavy atom. The molecule has 2 aromatic rings. The van der Waals surface area contributed by atoms with E-state index in [1.807, 2.05) is 30.3 Å². The number of nitrogens with one attached hydrogen (secondary N) is 1. The molecule has 20 heavy (non-hydrogen) atoms. The topological polar surface area (TPSA) is 55.1 Å². The van der Waals surface area contributed by atoms with Crippen molar-refractivity contribution in [3.05, 3.63) is 69.9 Å². The van der Waals surface area contributed by atoms with Crippen molar-refractivity contribution < 1.29 is 9.18 Å². The molecular weight excluding hydrogens is 323 g/mol. The van der Waals surface area contributed by atoms with E-state index in [2.05, 4.69) is 21.2 Å². The molecule has 1 atom stereocenters. The van der Waals surface area contributed by atoms with Gasteiger partial charge in [-0.05, 0) is 39.7 Å². The third-order valence-corrected chi connectivity index (χ3v) is 3.57. The van der Waals surface area contributed by atoms with E-state index in [1.54, 1.807) is 0 Å². The van der Waals surface area contributed by atoms with Crippen molar-refractivity contribution in [1.82, 2.24) is 5.32 Å². The van der Waals surface area contributed by atoms with E-state index in [9.17, 15) is 9.18 Å². The van der Waals surface area contributed by atoms with Crippen LogP contribution in [0, 0.1) is 5.82 Å². The Labute approximate surface area is 125 Å². The van der Waals surface area contributed by atoms with E-state index >= 15 is 0 Å². The molecule has 0 saturated carbocycles. The third-order valence-electron chi connectivity index (χ3n) is 2.88. The fourth-order valence-electron chi connectivity index (χ4n) is 1.79. The number of benzene rings is 2. The number of rotatable bonds is 4. The Hall–Kier alpha value is -1.72. The maximum Gasteiger partial charge on any atom is 0.252 e. The molecule has 0 spiro atoms. The zero-order valence-corrected chi connectivity index (χ0v) is 12.2. The summed E-state index contributed by atoms with van der Waals surface area (Å²) in [7, 11) is 0. The van der Waals surface area contributed by atoms with Crippen LogP contribution in [-0.4, -0.2) is 12.5 Å². The van der Waals surface area contributed by atoms with Gasteiger partial charge < -0.3 is 11.1 Å². The van der Waals surface area contributed by atoms with Gasteiger partial charge in [0.25, 0.3) is 5.91 Å². The Morgan fingerprint density at radius 2 is 1.95 bits per heavy atom. The Morgan fingerprint density at radius 3 is 2.65 bits per heavy atom. The molecule has 0 aliphatic rings. The van der Waals surface area contributed by atoms with Crippen molar-refractivity contribution in [2.45, 2.75) is 6.04 Å². The average molecular weight is 337 g/mol. The molecule has 0 aromatic heterocycles. The van der Waals surface area contributed by atoms with Crippen molar-refractivity contribution in [1.29, 1.82) is 0 Å². The SMILES string of the molecule is NC(CNC(=O)c1cc(F)ccc1Br)c1ccccc1. The molecule has 2 aromatic carbocycles. The summed E-state index contributed by atoms with van der Waals surface area (Å²) >= 11 is 3.22. The maximum atomic E-state index is 13.1. The summed E-state index contributed by atoms with van der Waals surface area (Å²) in [6.45, 7) is 0.284. The second-order valence-electron chi connectivity index (χ2n) is 4.35. The number of hydrogen-bond acceptors (Lipinski definition) is 2. The highest BCUT2D eigenvalue weighted by Crippen LogP contribution is 2.18. The number of halogens is 2. The standard InChI is InChI=1S/C15H14BrFN2O/c16-13-7-6-11(17)8-12(13)15(20)19-9-14(18)10-4-2-1-3-5-10/h1-8,14H,9,18H2,(H,19,20). The van der Waals surface area contributed by atoms with Crippen LogP contribution < -0.4 is 11.1 Å². The van der Waals surface area contributed by atoms with Crippen LogP contribution in [0.1, 0.15) is 22.0 Å². The first-order chi connectivity index (χ1) is 9.58. The van der Waals surface area contributed by atoms with Crippen LogP contribution in [0.15, 0.2) is 53.0 Å². The molecule has 0 fully saturated rings. The Kier molecular flexibility index (Phi) is 4.87. The number of hydrogen-bond donors (Lipinski definition) is 2. The van der Waals surface area contributed by atoms with Crippen LogP contribution in [-0.2, 0) is 0 Å². The van der Waals surface area contributed by atoms with Crippen molar-refractivity contribution in [3.8, 4) is 0 Å². The van der Waals surface area contributed by atoms with Crippen LogP contribution in [0.5, 0.6) is 0 Å². The highest BCUT2D eigenvalue weighted by molar-refractivity contribution is 9.10. The van der Waals surface area contributed by atoms with Gasteiger partial charge in [0, 0.05) is 17.1 Å². The van der Waals surface area contributed by atoms with Gasteiger partial charge in [0.15, 0.2) is 0 Å². The van der Waals surface area contributed by atoms with Gasteiger partial charge >= 0.3 is 0 Å². The molecule has 1 amide bonds. The Balaban J connectivity index is 2.00. The fourth-order valence-corrected chi connectivity index (χ4v) is 2.21. The quantitative estimate of drug-likeness (QED) is 0.901. The zero-order chi connectivity index (χ0) is 14.5. The van der Waals surface area contributed by atoms with Crippen molar-refractivity contribution in [2.75, 3.05) is 6.54 Å². The van der Waals surface area contributed by atoms with Crippen molar-refractivity contribution >= 4 is 21.8 Å². The summed E-state index contributed by atoms with van der Waals surface area (Å²) in [6, 6.07) is 13.2. The predicted octanol–water partition coefficient (Wildman–Crippen LogP) is 3.02. The lowest BCUT2D eigenvalue weighted by atomic mass is 10.1. The molecule has 0 saturated heterocycles. The number of carbonyl (C=O) groups is 1. The summed E-state index contributed by atoms with van der Waals surface area (Å²) in [5.74, 6) is -0.812. The summed E-state index contributed by atoms with van der Waals surface area (Å²) < 4.78 is 13.7. The molecular formula is C15H14BrFN2O. The summed E-state index contributed by atoms with van der Waals surface area (Å²) in [5.41, 5.74) is 7.18. The summed E-state index contributed by atoms with van der Waals surface area (Å²) in [5, 5.41) is 2.70. The smallest absolute Gasteiger partial charge is 0.252 e. The van der Waals surface area contributed by atoms with Gasteiger partial charge in [0.1, 0.15) is 5.82 Å². The van der Waals surface area contributed by atoms with E-state index in [1.165, 1.54) is 18.2 Å². The highest BCUT2D eigenvalue weighted by Gasteiger charge is 2.13. The Bertz CT molecular complexity index is 604. The molecule has 3 nitrogen and oxygen atoms in total. The van der Waals surface area contributed by atoms with E-state index in [0.717, 1.165) is 5.56 Å². The van der Waals surface area contributed by atoms with E-state index < -0.39 is 5.82 Å². The molecule has 1 unspecified atom stereocenters. The molecule has 3 N–H and O–H groups in total. The number of nitrogens with two attached hydrogens (primary N) is 1. The molecule has 0 radical (unpaired) electrons. The second kappa shape index (κ2) is 6.63. The largest absolute Gasteiger partial charge is 0.350 e. The fraction of sp³-hybridized carbons (Fsp3) is 0.133. The van der Waals surface area contributed by atoms with Crippen LogP contribution in [0.25, 0.3) is 0 Å². The molecule has 0 bridgehead atoms. The summed E-state index contributed by atoms with van der Waals surface area (Å²) in [4.78, 5) is 12.0. The van der Waals surface area contributed by atoms with Crippen LogP contribution >= 0.6 is 15.9 Å². The lowest BCUT2D eigenvalue weighted by molar-refractivity contribution is 0.0950. The molecule has 0 aliphatic carbocycles. The minimum atomic E-state index is -0.453. The van der Waals surface area contributed by atoms with Gasteiger partial charge in [-0.1, -0.05) is 30.3 Å². The molecule has 0 heterocycles. The van der Waals surface area contributed by atoms with E-state index in [-0.39, 0.29) is 24.1 Å². The second-order valence-corrected chi connectivity index (χ2v) is 5.21. The van der Waals surface area contributed by atoms with Gasteiger partial charge in [-0.2, -0.15) is 0 Å². The van der Waals surface area contributed by atoms with Crippen LogP contribution in [0.2, 0.25) is 0 Å². The van der Waals surface area contributed by atoms with E-state index in [0.29, 0.717) is 4.47 Å². The highest BCUT2D eigenvalue weighted by atomic mass is 79.9. The molecule has 104 valence electrons. The minimum absolute atomic E-state index is 0.255. The first kappa shape index (κ1) is 14.7. The van der Waals surface area contributed by atoms with Gasteiger partial charge in [-0.3, -0.25) is 4.79 Å². The lowest BCUT2D eigenvalue weighted by Gasteiger charge is -2.13. The number of amides is 1. The summed E-state index contributed by atoms with van der Waals surface area (Å²) in [6.07, 6.45) is 0. The van der Waals surface area contributed by atoms with E-state index in [4.69, 9.17) is 5.73 Å². The first-order valence-corrected chi connectivity index (χ1v) is 6.91. The zero-order valence-electron chi connectivity index (χ0n) is 10.6. The van der Waals surface area contributed by atoms with Crippen molar-refractivity contribution in [2.24, 2.45) is 5.73 Å². The van der Waals surface area contributed by atoms with Crippen LogP contribution in [0.4, 0.5) is 4.39 Å². The normalized spacial score (nSPS) is 11.9. The first-order valence-electron chi connectivity index (χ1n) is 6.11. The van der Waals surface area contributed by atoms with Gasteiger partial charge in [-0.15, -0.1) is 0 Å². The molecule has 0 aliphatic heterocycles. The average Bonchev–Trinajstić information content (AvgIpc) is 2.47. The van der Waals surface area contributed by atoms with Gasteiger partial charge in [0.2, 0.25) is 0 Å². The van der Waals surface area contributed by atoms with Crippen LogP contribution in [0.3, 0.4) is 0 Å². The maximum absolute atomic E-state index is 13.1. The lowest BCUT2D eigenvalue weighted by Crippen LogP contribution is -2.32. The molecule has 5 heteroatoms. The monoisotopic (exact) mass is 336 g/mol.